The van der Waals surface area contributed by atoms with Crippen molar-refractivity contribution < 1.29 is 58.2 Å². The van der Waals surface area contributed by atoms with Crippen LogP contribution in [0.5, 0.6) is 11.5 Å². The third-order valence-electron chi connectivity index (χ3n) is 5.47. The third kappa shape index (κ3) is 5.87. The van der Waals surface area contributed by atoms with Crippen LogP contribution >= 0.6 is 0 Å². The molecule has 0 bridgehead atoms. The van der Waals surface area contributed by atoms with Crippen LogP contribution in [0.2, 0.25) is 0 Å². The number of carbonyl (C=O) groups is 1. The average Bonchev–Trinajstić information content (AvgIpc) is 2.85. The quantitative estimate of drug-likeness (QED) is 0.139. The highest BCUT2D eigenvalue weighted by atomic mass is 19.4. The second-order valence-electron chi connectivity index (χ2n) is 8.06. The fourth-order valence-electron chi connectivity index (χ4n) is 3.83. The molecule has 0 aliphatic rings. The van der Waals surface area contributed by atoms with Gasteiger partial charge in [0, 0.05) is 0 Å². The largest absolute Gasteiger partial charge is 0.519 e. The fraction of sp³-hybridized carbons (Fsp3) is 0.0741. The molecule has 13 heteroatoms. The Kier molecular flexibility index (Phi) is 7.50. The van der Waals surface area contributed by atoms with Gasteiger partial charge >= 0.3 is 18.5 Å². The van der Waals surface area contributed by atoms with Gasteiger partial charge in [0.05, 0.1) is 0 Å². The molecule has 0 unspecified atom stereocenters. The molecule has 0 aliphatic carbocycles. The summed E-state index contributed by atoms with van der Waals surface area (Å²) in [5.41, 5.74) is -5.58. The Hall–Kier alpha value is -4.55. The van der Waals surface area contributed by atoms with Gasteiger partial charge < -0.3 is 9.47 Å². The molecule has 0 fully saturated rings. The van der Waals surface area contributed by atoms with E-state index in [1.807, 2.05) is 0 Å². The Bertz CT molecular complexity index is 1480. The maximum absolute atomic E-state index is 14.0. The first-order chi connectivity index (χ1) is 18.7. The molecule has 0 N–H and O–H groups in total. The van der Waals surface area contributed by atoms with Crippen LogP contribution in [0.15, 0.2) is 72.8 Å². The van der Waals surface area contributed by atoms with Gasteiger partial charge in [-0.3, -0.25) is 0 Å². The van der Waals surface area contributed by atoms with Gasteiger partial charge in [-0.1, -0.05) is 36.4 Å². The molecule has 0 heterocycles. The van der Waals surface area contributed by atoms with Crippen LogP contribution in [0.25, 0.3) is 22.3 Å². The van der Waals surface area contributed by atoms with Crippen LogP contribution < -0.4 is 9.47 Å². The lowest BCUT2D eigenvalue weighted by molar-refractivity contribution is -0.138. The minimum Gasteiger partial charge on any atom is -0.394 e. The summed E-state index contributed by atoms with van der Waals surface area (Å²) in [5.74, 6) is -8.00. The zero-order valence-corrected chi connectivity index (χ0v) is 19.4. The predicted octanol–water partition coefficient (Wildman–Crippen LogP) is 9.19. The molecule has 4 aromatic carbocycles. The van der Waals surface area contributed by atoms with Crippen molar-refractivity contribution in [2.24, 2.45) is 0 Å². The minimum atomic E-state index is -5.24. The summed E-state index contributed by atoms with van der Waals surface area (Å²) < 4.78 is 147. The molecule has 3 nitrogen and oxygen atoms in total. The minimum absolute atomic E-state index is 0.441. The molecule has 0 aromatic heterocycles. The van der Waals surface area contributed by atoms with E-state index in [2.05, 4.69) is 9.47 Å². The summed E-state index contributed by atoms with van der Waals surface area (Å²) in [4.78, 5) is 12.4. The van der Waals surface area contributed by atoms with Crippen molar-refractivity contribution in [3.63, 3.8) is 0 Å². The van der Waals surface area contributed by atoms with Crippen molar-refractivity contribution in [2.45, 2.75) is 12.4 Å². The van der Waals surface area contributed by atoms with E-state index in [0.29, 0.717) is 36.4 Å². The lowest BCUT2D eigenvalue weighted by atomic mass is 9.98. The van der Waals surface area contributed by atoms with E-state index < -0.39 is 86.7 Å². The van der Waals surface area contributed by atoms with E-state index in [1.165, 1.54) is 0 Å². The van der Waals surface area contributed by atoms with Gasteiger partial charge in [0.25, 0.3) is 0 Å². The SMILES string of the molecule is O=C(Oc1cccc(-c2ccc(F)c(F)c2)c1C(F)(F)F)Oc1cccc(-c2ccc(F)c(F)c2)c1C(F)(F)F. The van der Waals surface area contributed by atoms with Crippen molar-refractivity contribution in [2.75, 3.05) is 0 Å². The van der Waals surface area contributed by atoms with E-state index in [-0.39, 0.29) is 0 Å². The smallest absolute Gasteiger partial charge is 0.394 e. The van der Waals surface area contributed by atoms with Crippen LogP contribution in [-0.4, -0.2) is 6.16 Å². The van der Waals surface area contributed by atoms with Crippen LogP contribution in [0.3, 0.4) is 0 Å². The van der Waals surface area contributed by atoms with Gasteiger partial charge in [0.15, 0.2) is 23.3 Å². The molecule has 4 aromatic rings. The maximum Gasteiger partial charge on any atom is 0.519 e. The molecule has 0 aliphatic heterocycles. The first-order valence-electron chi connectivity index (χ1n) is 10.9. The van der Waals surface area contributed by atoms with Crippen LogP contribution in [0.4, 0.5) is 48.7 Å². The van der Waals surface area contributed by atoms with Gasteiger partial charge in [-0.25, -0.2) is 22.4 Å². The van der Waals surface area contributed by atoms with E-state index in [0.717, 1.165) is 36.4 Å². The van der Waals surface area contributed by atoms with Crippen LogP contribution in [-0.2, 0) is 12.4 Å². The number of carbonyl (C=O) groups excluding carboxylic acids is 1. The molecule has 0 radical (unpaired) electrons. The number of benzene rings is 4. The second kappa shape index (κ2) is 10.5. The molecule has 0 saturated carbocycles. The van der Waals surface area contributed by atoms with Gasteiger partial charge in [-0.15, -0.1) is 0 Å². The van der Waals surface area contributed by atoms with E-state index in [9.17, 15) is 48.7 Å². The lowest BCUT2D eigenvalue weighted by Gasteiger charge is -2.19. The lowest BCUT2D eigenvalue weighted by Crippen LogP contribution is -2.20. The molecule has 4 rings (SSSR count). The topological polar surface area (TPSA) is 35.5 Å². The number of hydrogen-bond donors (Lipinski definition) is 0. The summed E-state index contributed by atoms with van der Waals surface area (Å²) in [6, 6.07) is 8.79. The molecule has 0 spiro atoms. The Labute approximate surface area is 218 Å². The molecule has 0 saturated heterocycles. The predicted molar refractivity (Wildman–Crippen MR) is 120 cm³/mol. The fourth-order valence-corrected chi connectivity index (χ4v) is 3.83. The standard InChI is InChI=1S/C27H12F10O3/c28-17-9-7-13(11-19(17)30)15-3-1-5-21(23(15)26(32,33)34)39-25(38)40-22-6-2-4-16(24(22)27(35,36)37)14-8-10-18(29)20(31)12-14/h1-12H. The van der Waals surface area contributed by atoms with E-state index in [1.54, 1.807) is 0 Å². The van der Waals surface area contributed by atoms with Gasteiger partial charge in [-0.05, 0) is 58.7 Å². The third-order valence-corrected chi connectivity index (χ3v) is 5.47. The number of ether oxygens (including phenoxy) is 2. The van der Waals surface area contributed by atoms with Crippen molar-refractivity contribution in [3.8, 4) is 33.8 Å². The Morgan fingerprint density at radius 1 is 0.525 bits per heavy atom. The number of halogens is 10. The number of rotatable bonds is 4. The highest BCUT2D eigenvalue weighted by Gasteiger charge is 2.40. The van der Waals surface area contributed by atoms with Crippen molar-refractivity contribution in [1.82, 2.24) is 0 Å². The maximum atomic E-state index is 14.0. The normalized spacial score (nSPS) is 11.8. The Balaban J connectivity index is 1.74. The zero-order valence-electron chi connectivity index (χ0n) is 19.4. The summed E-state index contributed by atoms with van der Waals surface area (Å²) in [7, 11) is 0. The highest BCUT2D eigenvalue weighted by Crippen LogP contribution is 2.45. The molecule has 0 amide bonds. The van der Waals surface area contributed by atoms with Gasteiger partial charge in [0.2, 0.25) is 0 Å². The van der Waals surface area contributed by atoms with Crippen molar-refractivity contribution >= 4 is 6.16 Å². The van der Waals surface area contributed by atoms with Crippen LogP contribution in [0.1, 0.15) is 11.1 Å². The summed E-state index contributed by atoms with van der Waals surface area (Å²) in [6.07, 6.45) is -12.5. The summed E-state index contributed by atoms with van der Waals surface area (Å²) in [5, 5.41) is 0. The number of alkyl halides is 6. The zero-order chi connectivity index (χ0) is 29.4. The molecule has 208 valence electrons. The van der Waals surface area contributed by atoms with E-state index >= 15 is 0 Å². The highest BCUT2D eigenvalue weighted by molar-refractivity contribution is 5.76. The molecular formula is C27H12F10O3. The Morgan fingerprint density at radius 2 is 0.900 bits per heavy atom. The number of hydrogen-bond acceptors (Lipinski definition) is 3. The van der Waals surface area contributed by atoms with Crippen molar-refractivity contribution in [1.29, 1.82) is 0 Å². The summed E-state index contributed by atoms with van der Waals surface area (Å²) in [6.45, 7) is 0. The Morgan fingerprint density at radius 3 is 1.23 bits per heavy atom. The molecular weight excluding hydrogens is 562 g/mol. The van der Waals surface area contributed by atoms with Crippen LogP contribution in [0, 0.1) is 23.3 Å². The molecule has 0 atom stereocenters. The monoisotopic (exact) mass is 574 g/mol. The van der Waals surface area contributed by atoms with Gasteiger partial charge in [-0.2, -0.15) is 26.3 Å². The second-order valence-corrected chi connectivity index (χ2v) is 8.06. The molecule has 40 heavy (non-hydrogen) atoms. The summed E-state index contributed by atoms with van der Waals surface area (Å²) >= 11 is 0. The van der Waals surface area contributed by atoms with E-state index in [4.69, 9.17) is 0 Å². The first kappa shape index (κ1) is 28.5. The first-order valence-corrected chi connectivity index (χ1v) is 10.9. The van der Waals surface area contributed by atoms with Gasteiger partial charge in [0.1, 0.15) is 22.6 Å². The average molecular weight is 574 g/mol. The van der Waals surface area contributed by atoms with Crippen molar-refractivity contribution in [3.05, 3.63) is 107 Å².